The van der Waals surface area contributed by atoms with E-state index in [0.29, 0.717) is 0 Å². The highest BCUT2D eigenvalue weighted by Gasteiger charge is 2.17. The highest BCUT2D eigenvalue weighted by atomic mass is 32.1. The number of aryl methyl sites for hydroxylation is 1. The smallest absolute Gasteiger partial charge is 0.00573 e. The fourth-order valence-corrected chi connectivity index (χ4v) is 9.12. The Labute approximate surface area is 79.2 Å². The largest absolute Gasteiger partial charge is 0.102 e. The molecule has 1 atom stereocenters. The Bertz CT molecular complexity index is 248. The fourth-order valence-electron chi connectivity index (χ4n) is 2.05. The van der Waals surface area contributed by atoms with Crippen molar-refractivity contribution < 1.29 is 0 Å². The summed E-state index contributed by atoms with van der Waals surface area (Å²) in [7, 11) is 4.44. The second kappa shape index (κ2) is 4.23. The molecule has 1 aliphatic carbocycles. The van der Waals surface area contributed by atoms with E-state index in [2.05, 4.69) is 6.92 Å². The van der Waals surface area contributed by atoms with Gasteiger partial charge in [-0.3, -0.25) is 0 Å². The lowest BCUT2D eigenvalue weighted by Crippen LogP contribution is -2.02. The van der Waals surface area contributed by atoms with E-state index in [1.165, 1.54) is 32.1 Å². The van der Waals surface area contributed by atoms with Crippen LogP contribution in [-0.2, 0) is 0 Å². The first kappa shape index (κ1) is 9.21. The van der Waals surface area contributed by atoms with Gasteiger partial charge in [0, 0.05) is 0 Å². The molecular weight excluding hydrogens is 201 g/mol. The minimum atomic E-state index is 0.989. The molecule has 1 aliphatic rings. The summed E-state index contributed by atoms with van der Waals surface area (Å²) in [6, 6.07) is 0. The molecule has 2 rings (SSSR count). The summed E-state index contributed by atoms with van der Waals surface area (Å²) in [5.74, 6) is 0.989. The van der Waals surface area contributed by atoms with Crippen molar-refractivity contribution in [3.63, 3.8) is 0 Å². The zero-order valence-corrected chi connectivity index (χ0v) is 10.3. The predicted octanol–water partition coefficient (Wildman–Crippen LogP) is 5.23. The monoisotopic (exact) mass is 216 g/mol. The van der Waals surface area contributed by atoms with Gasteiger partial charge in [0.2, 0.25) is 0 Å². The average Bonchev–Trinajstić information content (AvgIpc) is 2.53. The lowest BCUT2D eigenvalue weighted by molar-refractivity contribution is 0.448. The zero-order chi connectivity index (χ0) is 8.39. The third-order valence-corrected chi connectivity index (χ3v) is 8.74. The van der Waals surface area contributed by atoms with Crippen molar-refractivity contribution in [3.05, 3.63) is 10.6 Å². The van der Waals surface area contributed by atoms with Crippen LogP contribution in [0.15, 0.2) is 0 Å². The van der Waals surface area contributed by atoms with Crippen molar-refractivity contribution in [2.75, 3.05) is 0 Å². The van der Waals surface area contributed by atoms with Gasteiger partial charge >= 0.3 is 0 Å². The van der Waals surface area contributed by atoms with E-state index < -0.39 is 0 Å². The van der Waals surface area contributed by atoms with Crippen LogP contribution in [0.4, 0.5) is 0 Å². The van der Waals surface area contributed by atoms with Crippen molar-refractivity contribution in [1.29, 1.82) is 0 Å². The Balaban J connectivity index is 2.13. The summed E-state index contributed by atoms with van der Waals surface area (Å²) in [5.41, 5.74) is 0. The Kier molecular flexibility index (Phi) is 3.25. The summed E-state index contributed by atoms with van der Waals surface area (Å²) < 4.78 is 0. The van der Waals surface area contributed by atoms with Crippen LogP contribution in [0.3, 0.4) is 0 Å². The molecule has 66 valence electrons. The van der Waals surface area contributed by atoms with Crippen molar-refractivity contribution in [3.8, 4) is 0 Å². The third kappa shape index (κ3) is 1.93. The molecule has 1 aromatic rings. The molecule has 1 fully saturated rings. The van der Waals surface area contributed by atoms with Crippen LogP contribution in [0, 0.1) is 6.92 Å². The molecule has 1 unspecified atom stereocenters. The minimum Gasteiger partial charge on any atom is -0.102 e. The molecule has 0 radical (unpaired) electrons. The summed E-state index contributed by atoms with van der Waals surface area (Å²) in [6.07, 6.45) is 7.42. The lowest BCUT2D eigenvalue weighted by Gasteiger charge is -2.21. The molecule has 0 bridgehead atoms. The van der Waals surface area contributed by atoms with Gasteiger partial charge in [0.15, 0.2) is 0 Å². The predicted molar refractivity (Wildman–Crippen MR) is 61.5 cm³/mol. The molecule has 0 nitrogen and oxygen atoms in total. The molecule has 12 heavy (non-hydrogen) atoms. The van der Waals surface area contributed by atoms with E-state index in [9.17, 15) is 0 Å². The SMILES string of the molecule is Cc1[pH]ppc1C1CCCCC1. The summed E-state index contributed by atoms with van der Waals surface area (Å²) in [5, 5.41) is 3.57. The lowest BCUT2D eigenvalue weighted by atomic mass is 9.88. The number of rotatable bonds is 1. The van der Waals surface area contributed by atoms with E-state index in [4.69, 9.17) is 0 Å². The van der Waals surface area contributed by atoms with Gasteiger partial charge in [-0.25, -0.2) is 0 Å². The minimum absolute atomic E-state index is 0.989. The molecule has 0 N–H and O–H groups in total. The van der Waals surface area contributed by atoms with E-state index in [1.54, 1.807) is 20.7 Å². The van der Waals surface area contributed by atoms with Gasteiger partial charge in [-0.1, -0.05) is 19.3 Å². The third-order valence-electron chi connectivity index (χ3n) is 2.75. The van der Waals surface area contributed by atoms with E-state index >= 15 is 0 Å². The number of hydrogen-bond acceptors (Lipinski definition) is 0. The summed E-state index contributed by atoms with van der Waals surface area (Å²) in [6.45, 7) is 2.36. The van der Waals surface area contributed by atoms with Gasteiger partial charge in [0.05, 0.1) is 0 Å². The quantitative estimate of drug-likeness (QED) is 0.602. The Hall–Kier alpha value is 0.640. The summed E-state index contributed by atoms with van der Waals surface area (Å²) in [4.78, 5) is 0. The van der Waals surface area contributed by atoms with Gasteiger partial charge in [-0.15, -0.1) is 7.87 Å². The van der Waals surface area contributed by atoms with Crippen molar-refractivity contribution in [2.45, 2.75) is 44.9 Å². The molecule has 0 aliphatic heterocycles. The maximum absolute atomic E-state index is 2.36. The standard InChI is InChI=1S/C9H15P3/c1-7-9(11-12-10-7)8-5-3-2-4-6-8/h8,10H,2-6H2,1H3. The van der Waals surface area contributed by atoms with Gasteiger partial charge in [-0.05, 0) is 51.7 Å². The second-order valence-electron chi connectivity index (χ2n) is 3.66. The van der Waals surface area contributed by atoms with E-state index in [0.717, 1.165) is 13.8 Å². The Morgan fingerprint density at radius 2 is 2.00 bits per heavy atom. The first-order valence-electron chi connectivity index (χ1n) is 4.75. The Morgan fingerprint density at radius 3 is 2.58 bits per heavy atom. The van der Waals surface area contributed by atoms with Gasteiger partial charge in [0.1, 0.15) is 0 Å². The van der Waals surface area contributed by atoms with Gasteiger partial charge in [0.25, 0.3) is 0 Å². The first-order valence-corrected chi connectivity index (χ1v) is 9.09. The molecule has 1 aromatic heterocycles. The zero-order valence-electron chi connectivity index (χ0n) is 7.51. The van der Waals surface area contributed by atoms with Crippen LogP contribution >= 0.6 is 23.3 Å². The van der Waals surface area contributed by atoms with Crippen molar-refractivity contribution in [1.82, 2.24) is 0 Å². The van der Waals surface area contributed by atoms with Crippen molar-refractivity contribution >= 4 is 23.3 Å². The topological polar surface area (TPSA) is 0 Å². The molecule has 1 heterocycles. The first-order chi connectivity index (χ1) is 5.88. The normalized spacial score (nSPS) is 21.8. The van der Waals surface area contributed by atoms with Crippen LogP contribution in [-0.4, -0.2) is 0 Å². The molecule has 3 heteroatoms. The molecule has 0 aromatic carbocycles. The van der Waals surface area contributed by atoms with E-state index in [-0.39, 0.29) is 0 Å². The maximum atomic E-state index is 2.36. The van der Waals surface area contributed by atoms with Crippen LogP contribution in [0.1, 0.15) is 48.6 Å². The second-order valence-corrected chi connectivity index (χ2v) is 9.18. The molecule has 0 spiro atoms. The summed E-state index contributed by atoms with van der Waals surface area (Å²) >= 11 is 0. The Morgan fingerprint density at radius 1 is 1.25 bits per heavy atom. The highest BCUT2D eigenvalue weighted by molar-refractivity contribution is 8.17. The molecule has 0 amide bonds. The van der Waals surface area contributed by atoms with Crippen LogP contribution in [0.5, 0.6) is 0 Å². The molecule has 0 saturated heterocycles. The fraction of sp³-hybridized carbons (Fsp3) is 0.778. The molecular formula is C9H15P3. The van der Waals surface area contributed by atoms with Crippen molar-refractivity contribution in [2.24, 2.45) is 0 Å². The van der Waals surface area contributed by atoms with Crippen LogP contribution < -0.4 is 0 Å². The number of hydrogen-bond donors (Lipinski definition) is 0. The highest BCUT2D eigenvalue weighted by Crippen LogP contribution is 2.48. The van der Waals surface area contributed by atoms with Crippen LogP contribution in [0.2, 0.25) is 0 Å². The average molecular weight is 216 g/mol. The van der Waals surface area contributed by atoms with Crippen LogP contribution in [0.25, 0.3) is 0 Å². The van der Waals surface area contributed by atoms with Gasteiger partial charge in [-0.2, -0.15) is 0 Å². The molecule has 1 saturated carbocycles. The van der Waals surface area contributed by atoms with Gasteiger partial charge < -0.3 is 0 Å². The van der Waals surface area contributed by atoms with E-state index in [1.807, 2.05) is 5.30 Å². The maximum Gasteiger partial charge on any atom is -0.00573 e.